The Morgan fingerprint density at radius 1 is 1.78 bits per heavy atom. The maximum absolute atomic E-state index is 8.87. The van der Waals surface area contributed by atoms with Gasteiger partial charge in [-0.15, -0.1) is 0 Å². The molecule has 1 aliphatic rings. The lowest BCUT2D eigenvalue weighted by atomic mass is 10.4. The van der Waals surface area contributed by atoms with Gasteiger partial charge < -0.3 is 14.6 Å². The highest BCUT2D eigenvalue weighted by Gasteiger charge is 2.08. The van der Waals surface area contributed by atoms with Crippen molar-refractivity contribution in [1.82, 2.24) is 0 Å². The second-order valence-electron chi connectivity index (χ2n) is 1.43. The van der Waals surface area contributed by atoms with E-state index in [4.69, 9.17) is 5.11 Å². The maximum atomic E-state index is 8.87. The van der Waals surface area contributed by atoms with Gasteiger partial charge >= 0.3 is 0 Å². The first kappa shape index (κ1) is 6.01. The monoisotopic (exact) mass is 126 g/mol. The topological polar surface area (TPSA) is 38.7 Å². The second kappa shape index (κ2) is 2.44. The maximum Gasteiger partial charge on any atom is 0.202 e. The molecule has 0 saturated heterocycles. The van der Waals surface area contributed by atoms with Crippen LogP contribution in [-0.2, 0) is 9.47 Å². The Labute approximate surface area is 53.2 Å². The molecule has 0 aromatic carbocycles. The fraction of sp³-hybridized carbons (Fsp3) is 0.167. The van der Waals surface area contributed by atoms with Crippen molar-refractivity contribution in [3.8, 4) is 0 Å². The van der Waals surface area contributed by atoms with E-state index in [1.54, 1.807) is 0 Å². The van der Waals surface area contributed by atoms with Gasteiger partial charge in [-0.25, -0.2) is 0 Å². The van der Waals surface area contributed by atoms with Crippen molar-refractivity contribution in [2.75, 3.05) is 7.11 Å². The molecule has 3 heteroatoms. The van der Waals surface area contributed by atoms with Crippen molar-refractivity contribution in [2.24, 2.45) is 0 Å². The molecule has 0 saturated carbocycles. The lowest BCUT2D eigenvalue weighted by Gasteiger charge is -2.08. The van der Waals surface area contributed by atoms with Gasteiger partial charge in [0, 0.05) is 0 Å². The summed E-state index contributed by atoms with van der Waals surface area (Å²) in [5.41, 5.74) is 0. The molecule has 1 aliphatic heterocycles. The van der Waals surface area contributed by atoms with Crippen molar-refractivity contribution < 1.29 is 14.6 Å². The molecule has 0 aromatic rings. The van der Waals surface area contributed by atoms with Crippen LogP contribution in [-0.4, -0.2) is 12.2 Å². The van der Waals surface area contributed by atoms with Gasteiger partial charge in [0.25, 0.3) is 0 Å². The molecule has 1 heterocycles. The van der Waals surface area contributed by atoms with Crippen LogP contribution >= 0.6 is 0 Å². The largest absolute Gasteiger partial charge is 0.504 e. The minimum Gasteiger partial charge on any atom is -0.504 e. The summed E-state index contributed by atoms with van der Waals surface area (Å²) in [6, 6.07) is 0. The minimum absolute atomic E-state index is 0.0382. The summed E-state index contributed by atoms with van der Waals surface area (Å²) in [5, 5.41) is 8.87. The molecular formula is C6H6O3. The average Bonchev–Trinajstić information content (AvgIpc) is 1.89. The third kappa shape index (κ3) is 1.16. The predicted octanol–water partition coefficient (Wildman–Crippen LogP) is 0.911. The van der Waals surface area contributed by atoms with Crippen LogP contribution in [0.25, 0.3) is 0 Å². The predicted molar refractivity (Wildman–Crippen MR) is 29.9 cm³/mol. The number of aliphatic hydroxyl groups excluding tert-OH is 1. The number of methoxy groups -OCH3 is 1. The lowest BCUT2D eigenvalue weighted by molar-refractivity contribution is 0.202. The van der Waals surface area contributed by atoms with E-state index >= 15 is 0 Å². The Morgan fingerprint density at radius 3 is 3.00 bits per heavy atom. The zero-order valence-electron chi connectivity index (χ0n) is 4.92. The van der Waals surface area contributed by atoms with Crippen LogP contribution in [0.2, 0.25) is 0 Å². The van der Waals surface area contributed by atoms with Crippen molar-refractivity contribution in [1.29, 1.82) is 0 Å². The molecule has 2 radical (unpaired) electrons. The fourth-order valence-corrected chi connectivity index (χ4v) is 0.457. The van der Waals surface area contributed by atoms with Crippen molar-refractivity contribution in [3.63, 3.8) is 0 Å². The zero-order chi connectivity index (χ0) is 6.69. The van der Waals surface area contributed by atoms with Crippen LogP contribution in [0.5, 0.6) is 0 Å². The quantitative estimate of drug-likeness (QED) is 0.567. The number of allylic oxidation sites excluding steroid dienone is 1. The van der Waals surface area contributed by atoms with E-state index in [9.17, 15) is 0 Å². The molecule has 9 heavy (non-hydrogen) atoms. The minimum atomic E-state index is -0.0382. The Hall–Kier alpha value is -1.12. The molecule has 0 aromatic heterocycles. The highest BCUT2D eigenvalue weighted by atomic mass is 16.5. The Bertz CT molecular complexity index is 158. The number of rotatable bonds is 1. The Morgan fingerprint density at radius 2 is 2.56 bits per heavy atom. The molecule has 0 aliphatic carbocycles. The summed E-state index contributed by atoms with van der Waals surface area (Å²) in [4.78, 5) is 0. The van der Waals surface area contributed by atoms with E-state index in [2.05, 4.69) is 15.5 Å². The Balaban J connectivity index is 2.72. The van der Waals surface area contributed by atoms with Crippen LogP contribution in [0.1, 0.15) is 0 Å². The van der Waals surface area contributed by atoms with Crippen molar-refractivity contribution in [2.45, 2.75) is 0 Å². The van der Waals surface area contributed by atoms with Crippen LogP contribution in [0, 0.1) is 12.7 Å². The first-order chi connectivity index (χ1) is 4.34. The van der Waals surface area contributed by atoms with Crippen molar-refractivity contribution in [3.05, 3.63) is 30.5 Å². The van der Waals surface area contributed by atoms with E-state index in [0.29, 0.717) is 0 Å². The van der Waals surface area contributed by atoms with Gasteiger partial charge in [0.1, 0.15) is 0 Å². The standard InChI is InChI=1S/C6H6O3/c1-8-6-4-9-3-2-5(6)7/h3-4,7H,1H3. The number of aliphatic hydroxyl groups is 1. The molecular weight excluding hydrogens is 120 g/mol. The lowest BCUT2D eigenvalue weighted by Crippen LogP contribution is -1.99. The van der Waals surface area contributed by atoms with Gasteiger partial charge in [-0.2, -0.15) is 0 Å². The van der Waals surface area contributed by atoms with E-state index < -0.39 is 0 Å². The zero-order valence-corrected chi connectivity index (χ0v) is 4.92. The van der Waals surface area contributed by atoms with Crippen LogP contribution in [0.15, 0.2) is 17.8 Å². The summed E-state index contributed by atoms with van der Waals surface area (Å²) in [5.74, 6) is 0.251. The van der Waals surface area contributed by atoms with Crippen LogP contribution < -0.4 is 0 Å². The number of ether oxygens (including phenoxy) is 2. The molecule has 0 amide bonds. The summed E-state index contributed by atoms with van der Waals surface area (Å²) in [6.07, 6.45) is 3.66. The molecule has 0 spiro atoms. The molecule has 1 rings (SSSR count). The van der Waals surface area contributed by atoms with Gasteiger partial charge in [0.05, 0.1) is 19.4 Å². The van der Waals surface area contributed by atoms with Crippen LogP contribution in [0.3, 0.4) is 0 Å². The SMILES string of the molecule is COC1=C(O)[C]=CO[CH]1. The van der Waals surface area contributed by atoms with E-state index in [1.165, 1.54) is 20.0 Å². The van der Waals surface area contributed by atoms with Gasteiger partial charge in [-0.3, -0.25) is 0 Å². The normalized spacial score (nSPS) is 17.4. The first-order valence-electron chi connectivity index (χ1n) is 2.38. The second-order valence-corrected chi connectivity index (χ2v) is 1.43. The molecule has 48 valence electrons. The summed E-state index contributed by atoms with van der Waals surface area (Å²) < 4.78 is 9.31. The fourth-order valence-electron chi connectivity index (χ4n) is 0.457. The number of hydrogen-bond donors (Lipinski definition) is 1. The van der Waals surface area contributed by atoms with E-state index in [0.717, 1.165) is 0 Å². The highest BCUT2D eigenvalue weighted by molar-refractivity contribution is 5.16. The van der Waals surface area contributed by atoms with E-state index in [-0.39, 0.29) is 11.5 Å². The van der Waals surface area contributed by atoms with Crippen LogP contribution in [0.4, 0.5) is 0 Å². The molecule has 0 bridgehead atoms. The Kier molecular flexibility index (Phi) is 1.63. The summed E-state index contributed by atoms with van der Waals surface area (Å²) in [7, 11) is 1.44. The molecule has 0 atom stereocenters. The molecule has 0 fully saturated rings. The van der Waals surface area contributed by atoms with E-state index in [1.807, 2.05) is 0 Å². The van der Waals surface area contributed by atoms with Gasteiger partial charge in [0.2, 0.25) is 6.61 Å². The summed E-state index contributed by atoms with van der Waals surface area (Å²) >= 11 is 0. The smallest absolute Gasteiger partial charge is 0.202 e. The van der Waals surface area contributed by atoms with Gasteiger partial charge in [0.15, 0.2) is 11.5 Å². The molecule has 3 nitrogen and oxygen atoms in total. The first-order valence-corrected chi connectivity index (χ1v) is 2.38. The van der Waals surface area contributed by atoms with Gasteiger partial charge in [-0.1, -0.05) is 0 Å². The molecule has 1 N–H and O–H groups in total. The summed E-state index contributed by atoms with van der Waals surface area (Å²) in [6.45, 7) is 1.30. The third-order valence-electron chi connectivity index (χ3n) is 0.892. The van der Waals surface area contributed by atoms with Gasteiger partial charge in [-0.05, 0) is 0 Å². The average molecular weight is 126 g/mol. The number of hydrogen-bond acceptors (Lipinski definition) is 3. The molecule has 0 unspecified atom stereocenters. The third-order valence-corrected chi connectivity index (χ3v) is 0.892. The van der Waals surface area contributed by atoms with Crippen molar-refractivity contribution >= 4 is 0 Å². The highest BCUT2D eigenvalue weighted by Crippen LogP contribution is 2.12.